The maximum Gasteiger partial charge on any atom is 0.154 e. The Labute approximate surface area is 99.8 Å². The van der Waals surface area contributed by atoms with Crippen LogP contribution in [0.1, 0.15) is 12.8 Å². The topological polar surface area (TPSA) is 52.0 Å². The van der Waals surface area contributed by atoms with Crippen LogP contribution in [0.25, 0.3) is 11.0 Å². The second-order valence-corrected chi connectivity index (χ2v) is 4.55. The van der Waals surface area contributed by atoms with E-state index >= 15 is 0 Å². The minimum Gasteiger partial charge on any atom is -0.381 e. The van der Waals surface area contributed by atoms with Crippen molar-refractivity contribution in [2.24, 2.45) is 7.05 Å². The highest BCUT2D eigenvalue weighted by atomic mass is 16.5. The van der Waals surface area contributed by atoms with Gasteiger partial charge in [0, 0.05) is 26.4 Å². The quantitative estimate of drug-likeness (QED) is 0.872. The van der Waals surface area contributed by atoms with E-state index in [1.54, 1.807) is 7.11 Å². The average Bonchev–Trinajstić information content (AvgIpc) is 2.66. The number of pyridine rings is 1. The van der Waals surface area contributed by atoms with Crippen LogP contribution < -0.4 is 5.32 Å². The molecule has 0 atom stereocenters. The molecule has 1 aliphatic carbocycles. The zero-order valence-corrected chi connectivity index (χ0v) is 10.1. The van der Waals surface area contributed by atoms with Crippen LogP contribution in [-0.2, 0) is 11.8 Å². The zero-order valence-electron chi connectivity index (χ0n) is 10.1. The Kier molecular flexibility index (Phi) is 2.48. The molecule has 0 bridgehead atoms. The monoisotopic (exact) mass is 232 g/mol. The minimum atomic E-state index is 0.399. The zero-order chi connectivity index (χ0) is 11.8. The molecule has 90 valence electrons. The van der Waals surface area contributed by atoms with Crippen LogP contribution in [0, 0.1) is 0 Å². The van der Waals surface area contributed by atoms with Crippen molar-refractivity contribution in [1.29, 1.82) is 0 Å². The molecule has 1 aliphatic rings. The van der Waals surface area contributed by atoms with E-state index in [-0.39, 0.29) is 0 Å². The van der Waals surface area contributed by atoms with Gasteiger partial charge >= 0.3 is 0 Å². The Morgan fingerprint density at radius 3 is 3.00 bits per heavy atom. The van der Waals surface area contributed by atoms with Crippen LogP contribution in [0.4, 0.5) is 5.82 Å². The fourth-order valence-electron chi connectivity index (χ4n) is 2.24. The van der Waals surface area contributed by atoms with Crippen molar-refractivity contribution in [2.45, 2.75) is 25.0 Å². The lowest BCUT2D eigenvalue weighted by Gasteiger charge is -2.34. The molecule has 0 aromatic carbocycles. The summed E-state index contributed by atoms with van der Waals surface area (Å²) in [6, 6.07) is 2.44. The van der Waals surface area contributed by atoms with Crippen molar-refractivity contribution in [3.63, 3.8) is 0 Å². The van der Waals surface area contributed by atoms with E-state index in [9.17, 15) is 0 Å². The Bertz CT molecular complexity index is 530. The maximum absolute atomic E-state index is 5.27. The molecular weight excluding hydrogens is 216 g/mol. The summed E-state index contributed by atoms with van der Waals surface area (Å²) in [6.45, 7) is 0. The van der Waals surface area contributed by atoms with Gasteiger partial charge < -0.3 is 14.6 Å². The van der Waals surface area contributed by atoms with Crippen molar-refractivity contribution in [3.05, 3.63) is 18.6 Å². The van der Waals surface area contributed by atoms with Crippen molar-refractivity contribution >= 4 is 16.9 Å². The summed E-state index contributed by atoms with van der Waals surface area (Å²) in [4.78, 5) is 8.74. The highest BCUT2D eigenvalue weighted by Gasteiger charge is 2.29. The lowest BCUT2D eigenvalue weighted by molar-refractivity contribution is 0.0328. The van der Waals surface area contributed by atoms with Crippen molar-refractivity contribution in [1.82, 2.24) is 14.5 Å². The molecule has 17 heavy (non-hydrogen) atoms. The first-order chi connectivity index (χ1) is 8.28. The fraction of sp³-hybridized carbons (Fsp3) is 0.500. The summed E-state index contributed by atoms with van der Waals surface area (Å²) in [5.41, 5.74) is 2.04. The van der Waals surface area contributed by atoms with Crippen LogP contribution in [0.15, 0.2) is 18.6 Å². The molecular formula is C12H16N4O. The number of rotatable bonds is 3. The highest BCUT2D eigenvalue weighted by Crippen LogP contribution is 2.27. The number of aryl methyl sites for hydroxylation is 1. The average molecular weight is 232 g/mol. The number of hydrogen-bond acceptors (Lipinski definition) is 4. The number of hydrogen-bond donors (Lipinski definition) is 1. The smallest absolute Gasteiger partial charge is 0.154 e. The normalized spacial score (nSPS) is 23.6. The molecule has 5 nitrogen and oxygen atoms in total. The first-order valence-electron chi connectivity index (χ1n) is 5.83. The minimum absolute atomic E-state index is 0.399. The SMILES string of the molecule is COC1CC(Nc2nccc3c2ncn3C)C1. The van der Waals surface area contributed by atoms with E-state index in [1.165, 1.54) is 0 Å². The van der Waals surface area contributed by atoms with Crippen molar-refractivity contribution < 1.29 is 4.74 Å². The van der Waals surface area contributed by atoms with Gasteiger partial charge in [-0.25, -0.2) is 9.97 Å². The molecule has 2 heterocycles. The molecule has 0 spiro atoms. The summed E-state index contributed by atoms with van der Waals surface area (Å²) >= 11 is 0. The maximum atomic E-state index is 5.27. The van der Waals surface area contributed by atoms with Gasteiger partial charge in [-0.1, -0.05) is 0 Å². The fourth-order valence-corrected chi connectivity index (χ4v) is 2.24. The molecule has 0 amide bonds. The number of anilines is 1. The summed E-state index contributed by atoms with van der Waals surface area (Å²) in [5, 5.41) is 3.43. The second-order valence-electron chi connectivity index (χ2n) is 4.55. The second kappa shape index (κ2) is 4.00. The number of ether oxygens (including phenoxy) is 1. The molecule has 1 fully saturated rings. The highest BCUT2D eigenvalue weighted by molar-refractivity contribution is 5.85. The van der Waals surface area contributed by atoms with Gasteiger partial charge in [-0.15, -0.1) is 0 Å². The summed E-state index contributed by atoms with van der Waals surface area (Å²) in [7, 11) is 3.75. The van der Waals surface area contributed by atoms with Gasteiger partial charge in [0.05, 0.1) is 17.9 Å². The van der Waals surface area contributed by atoms with Crippen LogP contribution in [0.3, 0.4) is 0 Å². The van der Waals surface area contributed by atoms with Gasteiger partial charge in [-0.2, -0.15) is 0 Å². The van der Waals surface area contributed by atoms with Crippen LogP contribution >= 0.6 is 0 Å². The number of methoxy groups -OCH3 is 1. The van der Waals surface area contributed by atoms with Crippen molar-refractivity contribution in [2.75, 3.05) is 12.4 Å². The molecule has 0 unspecified atom stereocenters. The van der Waals surface area contributed by atoms with E-state index in [4.69, 9.17) is 4.74 Å². The predicted molar refractivity (Wildman–Crippen MR) is 66.0 cm³/mol. The van der Waals surface area contributed by atoms with Gasteiger partial charge in [0.25, 0.3) is 0 Å². The Morgan fingerprint density at radius 1 is 1.41 bits per heavy atom. The van der Waals surface area contributed by atoms with E-state index in [1.807, 2.05) is 30.2 Å². The largest absolute Gasteiger partial charge is 0.381 e. The first-order valence-corrected chi connectivity index (χ1v) is 5.83. The number of imidazole rings is 1. The molecule has 0 radical (unpaired) electrons. The molecule has 0 aliphatic heterocycles. The Hall–Kier alpha value is -1.62. The standard InChI is InChI=1S/C12H16N4O/c1-16-7-14-11-10(16)3-4-13-12(11)15-8-5-9(6-8)17-2/h3-4,7-9H,5-6H2,1-2H3,(H,13,15). The molecule has 5 heteroatoms. The molecule has 2 aromatic rings. The number of nitrogens with zero attached hydrogens (tertiary/aromatic N) is 3. The first kappa shape index (κ1) is 10.5. The molecule has 1 N–H and O–H groups in total. The van der Waals surface area contributed by atoms with E-state index in [0.717, 1.165) is 29.7 Å². The number of nitrogens with one attached hydrogen (secondary N) is 1. The van der Waals surface area contributed by atoms with Gasteiger partial charge in [0.15, 0.2) is 5.82 Å². The molecule has 1 saturated carbocycles. The predicted octanol–water partition coefficient (Wildman–Crippen LogP) is 1.56. The lowest BCUT2D eigenvalue weighted by Crippen LogP contribution is -2.40. The number of aromatic nitrogens is 3. The summed E-state index contributed by atoms with van der Waals surface area (Å²) in [6.07, 6.45) is 6.12. The molecule has 3 rings (SSSR count). The summed E-state index contributed by atoms with van der Waals surface area (Å²) < 4.78 is 7.27. The third-order valence-electron chi connectivity index (χ3n) is 3.41. The third kappa shape index (κ3) is 1.76. The van der Waals surface area contributed by atoms with E-state index < -0.39 is 0 Å². The lowest BCUT2D eigenvalue weighted by atomic mass is 9.89. The van der Waals surface area contributed by atoms with Gasteiger partial charge in [-0.05, 0) is 18.9 Å². The Balaban J connectivity index is 1.81. The van der Waals surface area contributed by atoms with E-state index in [0.29, 0.717) is 12.1 Å². The van der Waals surface area contributed by atoms with Gasteiger partial charge in [0.2, 0.25) is 0 Å². The van der Waals surface area contributed by atoms with Crippen molar-refractivity contribution in [3.8, 4) is 0 Å². The van der Waals surface area contributed by atoms with Crippen LogP contribution in [0.2, 0.25) is 0 Å². The Morgan fingerprint density at radius 2 is 2.24 bits per heavy atom. The number of fused-ring (bicyclic) bond motifs is 1. The van der Waals surface area contributed by atoms with Crippen LogP contribution in [-0.4, -0.2) is 33.8 Å². The summed E-state index contributed by atoms with van der Waals surface area (Å²) in [5.74, 6) is 0.877. The molecule has 2 aromatic heterocycles. The van der Waals surface area contributed by atoms with E-state index in [2.05, 4.69) is 15.3 Å². The molecule has 0 saturated heterocycles. The third-order valence-corrected chi connectivity index (χ3v) is 3.41. The van der Waals surface area contributed by atoms with Crippen LogP contribution in [0.5, 0.6) is 0 Å². The van der Waals surface area contributed by atoms with Gasteiger partial charge in [-0.3, -0.25) is 0 Å². The van der Waals surface area contributed by atoms with Gasteiger partial charge in [0.1, 0.15) is 5.52 Å².